The molecular formula is C22H22ClN3O3. The first-order valence-corrected chi connectivity index (χ1v) is 9.89. The fourth-order valence-corrected chi connectivity index (χ4v) is 3.91. The minimum Gasteiger partial charge on any atom is -0.496 e. The van der Waals surface area contributed by atoms with Gasteiger partial charge in [0, 0.05) is 60.4 Å². The Hall–Kier alpha value is -2.83. The molecule has 6 nitrogen and oxygen atoms in total. The van der Waals surface area contributed by atoms with Crippen LogP contribution in [0.3, 0.4) is 0 Å². The molecule has 0 atom stereocenters. The molecule has 1 amide bonds. The maximum atomic E-state index is 12.9. The Kier molecular flexibility index (Phi) is 5.56. The Morgan fingerprint density at radius 3 is 2.66 bits per heavy atom. The van der Waals surface area contributed by atoms with Crippen molar-refractivity contribution in [2.24, 2.45) is 0 Å². The number of aromatic amines is 1. The normalized spacial score (nSPS) is 14.9. The van der Waals surface area contributed by atoms with E-state index in [2.05, 4.69) is 9.88 Å². The van der Waals surface area contributed by atoms with E-state index in [1.165, 1.54) is 6.20 Å². The van der Waals surface area contributed by atoms with Gasteiger partial charge in [0.05, 0.1) is 7.11 Å². The molecule has 0 bridgehead atoms. The number of halogens is 1. The van der Waals surface area contributed by atoms with Crippen LogP contribution in [0.4, 0.5) is 0 Å². The van der Waals surface area contributed by atoms with Crippen molar-refractivity contribution in [2.45, 2.75) is 6.54 Å². The lowest BCUT2D eigenvalue weighted by Crippen LogP contribution is -2.49. The predicted octanol–water partition coefficient (Wildman–Crippen LogP) is 3.15. The molecule has 1 aliphatic heterocycles. The average Bonchev–Trinajstić information content (AvgIpc) is 2.74. The number of hydrogen-bond donors (Lipinski definition) is 1. The third-order valence-corrected chi connectivity index (χ3v) is 5.55. The zero-order valence-electron chi connectivity index (χ0n) is 16.2. The molecule has 2 aromatic carbocycles. The minimum absolute atomic E-state index is 0.189. The number of piperazine rings is 1. The Bertz CT molecular complexity index is 1100. The van der Waals surface area contributed by atoms with Gasteiger partial charge in [0.2, 0.25) is 5.43 Å². The molecule has 4 rings (SSSR count). The number of rotatable bonds is 4. The summed E-state index contributed by atoms with van der Waals surface area (Å²) < 4.78 is 5.42. The fraction of sp³-hybridized carbons (Fsp3) is 0.273. The van der Waals surface area contributed by atoms with Crippen LogP contribution in [0.2, 0.25) is 5.02 Å². The molecule has 0 radical (unpaired) electrons. The number of nitrogens with one attached hydrogen (secondary N) is 1. The quantitative estimate of drug-likeness (QED) is 0.716. The molecule has 1 saturated heterocycles. The predicted molar refractivity (Wildman–Crippen MR) is 114 cm³/mol. The minimum atomic E-state index is -0.226. The number of hydrogen-bond acceptors (Lipinski definition) is 4. The van der Waals surface area contributed by atoms with Gasteiger partial charge in [-0.3, -0.25) is 14.5 Å². The third kappa shape index (κ3) is 3.99. The number of aromatic nitrogens is 1. The second-order valence-electron chi connectivity index (χ2n) is 7.10. The smallest absolute Gasteiger partial charge is 0.259 e. The lowest BCUT2D eigenvalue weighted by molar-refractivity contribution is 0.0626. The van der Waals surface area contributed by atoms with Crippen molar-refractivity contribution in [3.8, 4) is 5.75 Å². The lowest BCUT2D eigenvalue weighted by Gasteiger charge is -2.35. The van der Waals surface area contributed by atoms with E-state index in [1.54, 1.807) is 24.1 Å². The molecule has 0 spiro atoms. The van der Waals surface area contributed by atoms with E-state index >= 15 is 0 Å². The van der Waals surface area contributed by atoms with Crippen LogP contribution in [0.1, 0.15) is 15.9 Å². The van der Waals surface area contributed by atoms with Gasteiger partial charge in [0.1, 0.15) is 11.3 Å². The number of methoxy groups -OCH3 is 1. The maximum absolute atomic E-state index is 12.9. The van der Waals surface area contributed by atoms with Gasteiger partial charge in [-0.2, -0.15) is 0 Å². The summed E-state index contributed by atoms with van der Waals surface area (Å²) in [6, 6.07) is 12.8. The van der Waals surface area contributed by atoms with Crippen LogP contribution in [0.5, 0.6) is 5.75 Å². The van der Waals surface area contributed by atoms with Gasteiger partial charge in [-0.25, -0.2) is 0 Å². The molecule has 1 aromatic heterocycles. The van der Waals surface area contributed by atoms with Gasteiger partial charge in [-0.15, -0.1) is 0 Å². The van der Waals surface area contributed by atoms with Crippen LogP contribution in [0.15, 0.2) is 53.5 Å². The van der Waals surface area contributed by atoms with E-state index in [0.29, 0.717) is 43.1 Å². The summed E-state index contributed by atoms with van der Waals surface area (Å²) in [4.78, 5) is 32.7. The Balaban J connectivity index is 1.45. The number of fused-ring (bicyclic) bond motifs is 1. The highest BCUT2D eigenvalue weighted by Gasteiger charge is 2.25. The number of para-hydroxylation sites is 1. The number of benzene rings is 2. The molecule has 0 saturated carbocycles. The fourth-order valence-electron chi connectivity index (χ4n) is 3.72. The SMILES string of the molecule is COc1ccc(Cl)cc1CN1CCN(C(=O)c2c[nH]c3ccccc3c2=O)CC1. The van der Waals surface area contributed by atoms with Crippen molar-refractivity contribution in [1.29, 1.82) is 0 Å². The van der Waals surface area contributed by atoms with Gasteiger partial charge >= 0.3 is 0 Å². The zero-order chi connectivity index (χ0) is 20.4. The largest absolute Gasteiger partial charge is 0.496 e. The zero-order valence-corrected chi connectivity index (χ0v) is 16.9. The number of ether oxygens (including phenoxy) is 1. The second-order valence-corrected chi connectivity index (χ2v) is 7.54. The van der Waals surface area contributed by atoms with Gasteiger partial charge < -0.3 is 14.6 Å². The molecule has 0 aliphatic carbocycles. The Labute approximate surface area is 173 Å². The van der Waals surface area contributed by atoms with Crippen LogP contribution in [0.25, 0.3) is 10.9 Å². The molecule has 150 valence electrons. The number of carbonyl (C=O) groups is 1. The summed E-state index contributed by atoms with van der Waals surface area (Å²) in [6.07, 6.45) is 1.52. The highest BCUT2D eigenvalue weighted by Crippen LogP contribution is 2.24. The van der Waals surface area contributed by atoms with E-state index < -0.39 is 0 Å². The van der Waals surface area contributed by atoms with Crippen molar-refractivity contribution in [3.05, 3.63) is 75.0 Å². The highest BCUT2D eigenvalue weighted by atomic mass is 35.5. The van der Waals surface area contributed by atoms with E-state index in [0.717, 1.165) is 16.8 Å². The average molecular weight is 412 g/mol. The molecule has 7 heteroatoms. The van der Waals surface area contributed by atoms with E-state index in [1.807, 2.05) is 30.3 Å². The van der Waals surface area contributed by atoms with Crippen LogP contribution in [0, 0.1) is 0 Å². The molecule has 29 heavy (non-hydrogen) atoms. The first kappa shape index (κ1) is 19.5. The van der Waals surface area contributed by atoms with Gasteiger partial charge in [0.15, 0.2) is 0 Å². The monoisotopic (exact) mass is 411 g/mol. The summed E-state index contributed by atoms with van der Waals surface area (Å²) in [5, 5.41) is 1.20. The first-order chi connectivity index (χ1) is 14.1. The Morgan fingerprint density at radius 1 is 1.14 bits per heavy atom. The molecule has 3 aromatic rings. The highest BCUT2D eigenvalue weighted by molar-refractivity contribution is 6.30. The topological polar surface area (TPSA) is 65.6 Å². The van der Waals surface area contributed by atoms with Gasteiger partial charge in [0.25, 0.3) is 5.91 Å². The molecule has 0 unspecified atom stereocenters. The van der Waals surface area contributed by atoms with Gasteiger partial charge in [-0.05, 0) is 30.3 Å². The van der Waals surface area contributed by atoms with Crippen LogP contribution < -0.4 is 10.2 Å². The maximum Gasteiger partial charge on any atom is 0.259 e. The van der Waals surface area contributed by atoms with Gasteiger partial charge in [-0.1, -0.05) is 23.7 Å². The third-order valence-electron chi connectivity index (χ3n) is 5.31. The van der Waals surface area contributed by atoms with Crippen LogP contribution in [-0.2, 0) is 6.54 Å². The van der Waals surface area contributed by atoms with E-state index in [-0.39, 0.29) is 16.9 Å². The molecular weight excluding hydrogens is 390 g/mol. The van der Waals surface area contributed by atoms with Crippen LogP contribution >= 0.6 is 11.6 Å². The summed E-state index contributed by atoms with van der Waals surface area (Å²) in [5.41, 5.74) is 1.71. The van der Waals surface area contributed by atoms with Crippen molar-refractivity contribution < 1.29 is 9.53 Å². The van der Waals surface area contributed by atoms with E-state index in [9.17, 15) is 9.59 Å². The van der Waals surface area contributed by atoms with Crippen molar-refractivity contribution >= 4 is 28.4 Å². The van der Waals surface area contributed by atoms with E-state index in [4.69, 9.17) is 16.3 Å². The second kappa shape index (κ2) is 8.27. The van der Waals surface area contributed by atoms with Crippen LogP contribution in [-0.4, -0.2) is 54.0 Å². The summed E-state index contributed by atoms with van der Waals surface area (Å²) in [6.45, 7) is 3.25. The lowest BCUT2D eigenvalue weighted by atomic mass is 10.1. The number of H-pyrrole nitrogens is 1. The Morgan fingerprint density at radius 2 is 1.90 bits per heavy atom. The standard InChI is InChI=1S/C22H22ClN3O3/c1-29-20-7-6-16(23)12-15(20)14-25-8-10-26(11-9-25)22(28)18-13-24-19-5-3-2-4-17(19)21(18)27/h2-7,12-13H,8-11,14H2,1H3,(H,24,27). The summed E-state index contributed by atoms with van der Waals surface area (Å²) >= 11 is 6.12. The molecule has 1 aliphatic rings. The van der Waals surface area contributed by atoms with Crippen molar-refractivity contribution in [2.75, 3.05) is 33.3 Å². The molecule has 1 fully saturated rings. The summed E-state index contributed by atoms with van der Waals surface area (Å²) in [5.74, 6) is 0.576. The number of pyridine rings is 1. The number of nitrogens with zero attached hydrogens (tertiary/aromatic N) is 2. The number of amides is 1. The molecule has 1 N–H and O–H groups in total. The molecule has 2 heterocycles. The number of carbonyl (C=O) groups excluding carboxylic acids is 1. The first-order valence-electron chi connectivity index (χ1n) is 9.51. The van der Waals surface area contributed by atoms with Crippen molar-refractivity contribution in [3.63, 3.8) is 0 Å². The van der Waals surface area contributed by atoms with Crippen molar-refractivity contribution in [1.82, 2.24) is 14.8 Å². The summed E-state index contributed by atoms with van der Waals surface area (Å²) in [7, 11) is 1.64.